The van der Waals surface area contributed by atoms with E-state index in [2.05, 4.69) is 14.5 Å². The third kappa shape index (κ3) is 1.94. The van der Waals surface area contributed by atoms with Crippen molar-refractivity contribution >= 4 is 34.0 Å². The number of benzene rings is 1. The smallest absolute Gasteiger partial charge is 0.138 e. The van der Waals surface area contributed by atoms with Gasteiger partial charge in [-0.1, -0.05) is 0 Å². The van der Waals surface area contributed by atoms with Crippen molar-refractivity contribution in [3.8, 4) is 0 Å². The number of nitrogens with zero attached hydrogens (tertiary/aromatic N) is 3. The lowest BCUT2D eigenvalue weighted by Crippen LogP contribution is -2.34. The van der Waals surface area contributed by atoms with Crippen molar-refractivity contribution < 1.29 is 4.39 Å². The van der Waals surface area contributed by atoms with Gasteiger partial charge in [0.15, 0.2) is 0 Å². The first kappa shape index (κ1) is 11.8. The van der Waals surface area contributed by atoms with Gasteiger partial charge in [0, 0.05) is 31.5 Å². The molecule has 0 fully saturated rings. The number of rotatable bonds is 1. The zero-order valence-corrected chi connectivity index (χ0v) is 11.8. The minimum atomic E-state index is -0.228. The summed E-state index contributed by atoms with van der Waals surface area (Å²) >= 11 is 1.95. The molecule has 1 aliphatic rings. The number of hydrogen-bond acceptors (Lipinski definition) is 3. The number of hydrogen-bond donors (Lipinski definition) is 1. The molecule has 0 unspecified atom stereocenters. The van der Waals surface area contributed by atoms with E-state index in [1.54, 1.807) is 12.3 Å². The van der Waals surface area contributed by atoms with E-state index in [1.807, 2.05) is 28.8 Å². The molecule has 0 saturated carbocycles. The molecule has 2 N–H and O–H groups in total. The second-order valence-electron chi connectivity index (χ2n) is 4.28. The van der Waals surface area contributed by atoms with Gasteiger partial charge in [-0.3, -0.25) is 0 Å². The number of fused-ring (bicyclic) bond motifs is 1. The first-order chi connectivity index (χ1) is 8.65. The highest BCUT2D eigenvalue weighted by atomic mass is 127. The highest BCUT2D eigenvalue weighted by molar-refractivity contribution is 14.1. The summed E-state index contributed by atoms with van der Waals surface area (Å²) in [5.41, 5.74) is 7.34. The summed E-state index contributed by atoms with van der Waals surface area (Å²) in [4.78, 5) is 6.35. The molecule has 18 heavy (non-hydrogen) atoms. The maximum Gasteiger partial charge on any atom is 0.138 e. The SMILES string of the molecule is Nc1cc(I)c(F)cc1N1CCn2ccnc2C1. The van der Waals surface area contributed by atoms with Crippen molar-refractivity contribution in [3.63, 3.8) is 0 Å². The molecule has 2 aromatic rings. The third-order valence-corrected chi connectivity index (χ3v) is 3.98. The number of nitrogen functional groups attached to an aromatic ring is 1. The highest BCUT2D eigenvalue weighted by Gasteiger charge is 2.19. The fourth-order valence-electron chi connectivity index (χ4n) is 2.20. The van der Waals surface area contributed by atoms with E-state index in [1.165, 1.54) is 6.07 Å². The quantitative estimate of drug-likeness (QED) is 0.628. The molecule has 3 rings (SSSR count). The lowest BCUT2D eigenvalue weighted by atomic mass is 10.2. The Bertz CT molecular complexity index is 596. The Morgan fingerprint density at radius 1 is 1.33 bits per heavy atom. The standard InChI is InChI=1S/C12H12FIN4/c13-8-5-11(10(15)6-9(8)14)18-4-3-17-2-1-16-12(17)7-18/h1-2,5-6H,3-4,7,15H2. The Morgan fingerprint density at radius 2 is 2.17 bits per heavy atom. The van der Waals surface area contributed by atoms with Crippen molar-refractivity contribution in [3.05, 3.63) is 39.7 Å². The minimum Gasteiger partial charge on any atom is -0.397 e. The van der Waals surface area contributed by atoms with Crippen molar-refractivity contribution in [1.82, 2.24) is 9.55 Å². The molecule has 1 aromatic carbocycles. The van der Waals surface area contributed by atoms with E-state index in [9.17, 15) is 4.39 Å². The van der Waals surface area contributed by atoms with E-state index < -0.39 is 0 Å². The molecular formula is C12H12FIN4. The number of imidazole rings is 1. The molecule has 6 heteroatoms. The molecule has 0 saturated heterocycles. The highest BCUT2D eigenvalue weighted by Crippen LogP contribution is 2.29. The molecule has 2 heterocycles. The van der Waals surface area contributed by atoms with E-state index in [4.69, 9.17) is 5.73 Å². The molecule has 0 spiro atoms. The van der Waals surface area contributed by atoms with Crippen LogP contribution in [0, 0.1) is 9.39 Å². The Kier molecular flexibility index (Phi) is 2.89. The average Bonchev–Trinajstić information content (AvgIpc) is 2.80. The van der Waals surface area contributed by atoms with Crippen LogP contribution in [0.25, 0.3) is 0 Å². The molecule has 0 bridgehead atoms. The van der Waals surface area contributed by atoms with E-state index in [-0.39, 0.29) is 5.82 Å². The molecule has 0 radical (unpaired) electrons. The maximum atomic E-state index is 13.6. The molecule has 4 nitrogen and oxygen atoms in total. The first-order valence-electron chi connectivity index (χ1n) is 5.64. The second kappa shape index (κ2) is 4.42. The minimum absolute atomic E-state index is 0.228. The Hall–Kier alpha value is -1.31. The summed E-state index contributed by atoms with van der Waals surface area (Å²) in [6, 6.07) is 3.18. The van der Waals surface area contributed by atoms with E-state index >= 15 is 0 Å². The van der Waals surface area contributed by atoms with Gasteiger partial charge in [0.05, 0.1) is 21.5 Å². The van der Waals surface area contributed by atoms with Crippen LogP contribution in [-0.2, 0) is 13.1 Å². The predicted molar refractivity (Wildman–Crippen MR) is 76.8 cm³/mol. The molecule has 0 aliphatic carbocycles. The average molecular weight is 358 g/mol. The van der Waals surface area contributed by atoms with Gasteiger partial charge in [0.1, 0.15) is 11.6 Å². The van der Waals surface area contributed by atoms with Gasteiger partial charge in [-0.2, -0.15) is 0 Å². The lowest BCUT2D eigenvalue weighted by molar-refractivity contribution is 0.557. The van der Waals surface area contributed by atoms with Gasteiger partial charge in [-0.05, 0) is 28.7 Å². The summed E-state index contributed by atoms with van der Waals surface area (Å²) < 4.78 is 16.3. The van der Waals surface area contributed by atoms with Crippen molar-refractivity contribution in [2.24, 2.45) is 0 Å². The monoisotopic (exact) mass is 358 g/mol. The third-order valence-electron chi connectivity index (χ3n) is 3.16. The molecular weight excluding hydrogens is 346 g/mol. The van der Waals surface area contributed by atoms with Crippen LogP contribution in [0.15, 0.2) is 24.5 Å². The number of aromatic nitrogens is 2. The van der Waals surface area contributed by atoms with Crippen LogP contribution in [0.4, 0.5) is 15.8 Å². The predicted octanol–water partition coefficient (Wildman–Crippen LogP) is 2.23. The molecule has 0 amide bonds. The van der Waals surface area contributed by atoms with Crippen LogP contribution in [-0.4, -0.2) is 16.1 Å². The topological polar surface area (TPSA) is 47.1 Å². The van der Waals surface area contributed by atoms with Crippen molar-refractivity contribution in [2.75, 3.05) is 17.2 Å². The van der Waals surface area contributed by atoms with Crippen LogP contribution in [0.3, 0.4) is 0 Å². The van der Waals surface area contributed by atoms with E-state index in [0.717, 1.165) is 24.6 Å². The molecule has 1 aromatic heterocycles. The summed E-state index contributed by atoms with van der Waals surface area (Å²) in [7, 11) is 0. The van der Waals surface area contributed by atoms with Crippen LogP contribution in [0.1, 0.15) is 5.82 Å². The van der Waals surface area contributed by atoms with Crippen LogP contribution >= 0.6 is 22.6 Å². The zero-order chi connectivity index (χ0) is 12.7. The largest absolute Gasteiger partial charge is 0.397 e. The van der Waals surface area contributed by atoms with Crippen molar-refractivity contribution in [2.45, 2.75) is 13.1 Å². The lowest BCUT2D eigenvalue weighted by Gasteiger charge is -2.30. The fraction of sp³-hybridized carbons (Fsp3) is 0.250. The summed E-state index contributed by atoms with van der Waals surface area (Å²) in [6.45, 7) is 2.33. The van der Waals surface area contributed by atoms with Crippen LogP contribution in [0.2, 0.25) is 0 Å². The molecule has 0 atom stereocenters. The van der Waals surface area contributed by atoms with Gasteiger partial charge in [-0.25, -0.2) is 9.37 Å². The zero-order valence-electron chi connectivity index (χ0n) is 9.61. The van der Waals surface area contributed by atoms with E-state index in [0.29, 0.717) is 15.8 Å². The molecule has 94 valence electrons. The Balaban J connectivity index is 1.95. The van der Waals surface area contributed by atoms with Crippen LogP contribution < -0.4 is 10.6 Å². The summed E-state index contributed by atoms with van der Waals surface area (Å²) in [6.07, 6.45) is 3.75. The first-order valence-corrected chi connectivity index (χ1v) is 6.72. The summed E-state index contributed by atoms with van der Waals surface area (Å²) in [5.74, 6) is 0.758. The second-order valence-corrected chi connectivity index (χ2v) is 5.45. The maximum absolute atomic E-state index is 13.6. The fourth-order valence-corrected chi connectivity index (χ4v) is 2.70. The van der Waals surface area contributed by atoms with Gasteiger partial charge in [0.2, 0.25) is 0 Å². The molecule has 1 aliphatic heterocycles. The van der Waals surface area contributed by atoms with Gasteiger partial charge in [0.25, 0.3) is 0 Å². The number of nitrogens with two attached hydrogens (primary N) is 1. The van der Waals surface area contributed by atoms with Crippen LogP contribution in [0.5, 0.6) is 0 Å². The van der Waals surface area contributed by atoms with Gasteiger partial charge in [-0.15, -0.1) is 0 Å². The number of halogens is 2. The van der Waals surface area contributed by atoms with Crippen molar-refractivity contribution in [1.29, 1.82) is 0 Å². The number of anilines is 2. The summed E-state index contributed by atoms with van der Waals surface area (Å²) in [5, 5.41) is 0. The van der Waals surface area contributed by atoms with Gasteiger partial charge >= 0.3 is 0 Å². The van der Waals surface area contributed by atoms with Gasteiger partial charge < -0.3 is 15.2 Å². The Morgan fingerprint density at radius 3 is 3.00 bits per heavy atom. The normalized spacial score (nSPS) is 14.7. The Labute approximate surface area is 118 Å².